The van der Waals surface area contributed by atoms with Crippen molar-refractivity contribution in [1.82, 2.24) is 9.55 Å². The highest BCUT2D eigenvalue weighted by atomic mass is 79.9. The standard InChI is InChI=1S/C16H10BrN3O/c17-13-5-6-15-14(7-13)16(21)20(10-19-15)9-12-3-1-11(8-18)2-4-12/h1-7,10H,9H2. The summed E-state index contributed by atoms with van der Waals surface area (Å²) < 4.78 is 2.42. The van der Waals surface area contributed by atoms with Gasteiger partial charge in [0.1, 0.15) is 0 Å². The highest BCUT2D eigenvalue weighted by Gasteiger charge is 2.05. The summed E-state index contributed by atoms with van der Waals surface area (Å²) >= 11 is 3.37. The summed E-state index contributed by atoms with van der Waals surface area (Å²) in [4.78, 5) is 16.8. The highest BCUT2D eigenvalue weighted by molar-refractivity contribution is 9.10. The van der Waals surface area contributed by atoms with Crippen LogP contribution in [0.2, 0.25) is 0 Å². The van der Waals surface area contributed by atoms with Crippen molar-refractivity contribution in [3.63, 3.8) is 0 Å². The zero-order valence-electron chi connectivity index (χ0n) is 11.0. The minimum Gasteiger partial charge on any atom is -0.294 e. The Morgan fingerprint density at radius 3 is 2.67 bits per heavy atom. The van der Waals surface area contributed by atoms with Crippen molar-refractivity contribution >= 4 is 26.8 Å². The monoisotopic (exact) mass is 339 g/mol. The molecule has 0 fully saturated rings. The van der Waals surface area contributed by atoms with Gasteiger partial charge in [0.25, 0.3) is 5.56 Å². The maximum atomic E-state index is 12.5. The molecule has 0 atom stereocenters. The first kappa shape index (κ1) is 13.5. The summed E-state index contributed by atoms with van der Waals surface area (Å²) in [6, 6.07) is 14.7. The van der Waals surface area contributed by atoms with Crippen molar-refractivity contribution < 1.29 is 0 Å². The number of nitriles is 1. The lowest BCUT2D eigenvalue weighted by molar-refractivity contribution is 0.748. The molecule has 102 valence electrons. The van der Waals surface area contributed by atoms with Gasteiger partial charge in [-0.1, -0.05) is 28.1 Å². The molecule has 0 amide bonds. The minimum absolute atomic E-state index is 0.0781. The number of hydrogen-bond donors (Lipinski definition) is 0. The smallest absolute Gasteiger partial charge is 0.261 e. The number of halogens is 1. The van der Waals surface area contributed by atoms with Crippen LogP contribution < -0.4 is 5.56 Å². The van der Waals surface area contributed by atoms with Gasteiger partial charge in [-0.05, 0) is 35.9 Å². The molecule has 3 rings (SSSR count). The van der Waals surface area contributed by atoms with Crippen molar-refractivity contribution in [2.24, 2.45) is 0 Å². The molecule has 5 heteroatoms. The zero-order valence-corrected chi connectivity index (χ0v) is 12.5. The summed E-state index contributed by atoms with van der Waals surface area (Å²) in [6.45, 7) is 0.431. The van der Waals surface area contributed by atoms with Crippen LogP contribution in [0.4, 0.5) is 0 Å². The molecule has 0 N–H and O–H groups in total. The van der Waals surface area contributed by atoms with Crippen LogP contribution in [0.3, 0.4) is 0 Å². The third-order valence-electron chi connectivity index (χ3n) is 3.22. The van der Waals surface area contributed by atoms with Gasteiger partial charge in [0.2, 0.25) is 0 Å². The quantitative estimate of drug-likeness (QED) is 0.720. The second-order valence-corrected chi connectivity index (χ2v) is 5.56. The van der Waals surface area contributed by atoms with Gasteiger partial charge in [-0.25, -0.2) is 4.98 Å². The van der Waals surface area contributed by atoms with E-state index >= 15 is 0 Å². The normalized spacial score (nSPS) is 10.5. The van der Waals surface area contributed by atoms with Gasteiger partial charge in [0.05, 0.1) is 35.4 Å². The second kappa shape index (κ2) is 5.51. The lowest BCUT2D eigenvalue weighted by Gasteiger charge is -2.07. The average Bonchev–Trinajstić information content (AvgIpc) is 2.51. The molecule has 1 aromatic heterocycles. The molecule has 0 aliphatic carbocycles. The molecule has 2 aromatic carbocycles. The van der Waals surface area contributed by atoms with Gasteiger partial charge in [-0.3, -0.25) is 9.36 Å². The van der Waals surface area contributed by atoms with Crippen LogP contribution in [-0.4, -0.2) is 9.55 Å². The maximum absolute atomic E-state index is 12.5. The molecule has 0 spiro atoms. The first-order valence-corrected chi connectivity index (χ1v) is 7.10. The number of fused-ring (bicyclic) bond motifs is 1. The van der Waals surface area contributed by atoms with E-state index in [1.165, 1.54) is 0 Å². The van der Waals surface area contributed by atoms with E-state index in [0.29, 0.717) is 23.0 Å². The zero-order chi connectivity index (χ0) is 14.8. The van der Waals surface area contributed by atoms with Crippen LogP contribution in [0.25, 0.3) is 10.9 Å². The van der Waals surface area contributed by atoms with Gasteiger partial charge < -0.3 is 0 Å². The third kappa shape index (κ3) is 2.71. The first-order valence-electron chi connectivity index (χ1n) is 6.31. The van der Waals surface area contributed by atoms with Gasteiger partial charge >= 0.3 is 0 Å². The fourth-order valence-corrected chi connectivity index (χ4v) is 2.49. The molecule has 0 unspecified atom stereocenters. The number of rotatable bonds is 2. The number of aromatic nitrogens is 2. The van der Waals surface area contributed by atoms with E-state index in [1.54, 1.807) is 29.1 Å². The fraction of sp³-hybridized carbons (Fsp3) is 0.0625. The molecule has 0 aliphatic rings. The molecule has 0 bridgehead atoms. The van der Waals surface area contributed by atoms with Crippen LogP contribution in [0.5, 0.6) is 0 Å². The molecule has 4 nitrogen and oxygen atoms in total. The molecule has 0 radical (unpaired) electrons. The van der Waals surface area contributed by atoms with Gasteiger partial charge in [0, 0.05) is 4.47 Å². The van der Waals surface area contributed by atoms with E-state index < -0.39 is 0 Å². The molecular formula is C16H10BrN3O. The Bertz CT molecular complexity index is 907. The number of hydrogen-bond acceptors (Lipinski definition) is 3. The molecule has 0 aliphatic heterocycles. The predicted molar refractivity (Wildman–Crippen MR) is 84.0 cm³/mol. The molecular weight excluding hydrogens is 330 g/mol. The van der Waals surface area contributed by atoms with Crippen LogP contribution >= 0.6 is 15.9 Å². The topological polar surface area (TPSA) is 58.7 Å². The molecule has 1 heterocycles. The van der Waals surface area contributed by atoms with Crippen molar-refractivity contribution in [2.75, 3.05) is 0 Å². The Morgan fingerprint density at radius 2 is 1.95 bits per heavy atom. The van der Waals surface area contributed by atoms with E-state index in [0.717, 1.165) is 10.0 Å². The van der Waals surface area contributed by atoms with Gasteiger partial charge in [-0.2, -0.15) is 5.26 Å². The highest BCUT2D eigenvalue weighted by Crippen LogP contribution is 2.15. The van der Waals surface area contributed by atoms with E-state index in [-0.39, 0.29) is 5.56 Å². The van der Waals surface area contributed by atoms with E-state index in [2.05, 4.69) is 27.0 Å². The lowest BCUT2D eigenvalue weighted by Crippen LogP contribution is -2.21. The lowest BCUT2D eigenvalue weighted by atomic mass is 10.1. The van der Waals surface area contributed by atoms with E-state index in [9.17, 15) is 4.79 Å². The largest absolute Gasteiger partial charge is 0.294 e. The fourth-order valence-electron chi connectivity index (χ4n) is 2.13. The predicted octanol–water partition coefficient (Wildman–Crippen LogP) is 3.08. The van der Waals surface area contributed by atoms with Gasteiger partial charge in [0.15, 0.2) is 0 Å². The molecule has 0 saturated carbocycles. The van der Waals surface area contributed by atoms with Crippen molar-refractivity contribution in [3.05, 3.63) is 74.7 Å². The Morgan fingerprint density at radius 1 is 1.19 bits per heavy atom. The first-order chi connectivity index (χ1) is 10.2. The molecule has 21 heavy (non-hydrogen) atoms. The Labute approximate surface area is 129 Å². The van der Waals surface area contributed by atoms with E-state index in [1.807, 2.05) is 24.3 Å². The number of nitrogens with zero attached hydrogens (tertiary/aromatic N) is 3. The van der Waals surface area contributed by atoms with Crippen molar-refractivity contribution in [3.8, 4) is 6.07 Å². The van der Waals surface area contributed by atoms with Gasteiger partial charge in [-0.15, -0.1) is 0 Å². The Hall–Kier alpha value is -2.45. The SMILES string of the molecule is N#Cc1ccc(Cn2cnc3ccc(Br)cc3c2=O)cc1. The summed E-state index contributed by atoms with van der Waals surface area (Å²) in [6.07, 6.45) is 1.55. The van der Waals surface area contributed by atoms with Crippen molar-refractivity contribution in [2.45, 2.75) is 6.54 Å². The van der Waals surface area contributed by atoms with E-state index in [4.69, 9.17) is 5.26 Å². The summed E-state index contributed by atoms with van der Waals surface area (Å²) in [7, 11) is 0. The number of benzene rings is 2. The maximum Gasteiger partial charge on any atom is 0.261 e. The molecule has 0 saturated heterocycles. The van der Waals surface area contributed by atoms with Crippen LogP contribution in [-0.2, 0) is 6.54 Å². The summed E-state index contributed by atoms with van der Waals surface area (Å²) in [5.74, 6) is 0. The average molecular weight is 340 g/mol. The van der Waals surface area contributed by atoms with Crippen LogP contribution in [0.15, 0.2) is 58.1 Å². The van der Waals surface area contributed by atoms with Crippen molar-refractivity contribution in [1.29, 1.82) is 5.26 Å². The Balaban J connectivity index is 2.02. The Kier molecular flexibility index (Phi) is 3.55. The minimum atomic E-state index is -0.0781. The summed E-state index contributed by atoms with van der Waals surface area (Å²) in [5.41, 5.74) is 2.16. The van der Waals surface area contributed by atoms with Crippen LogP contribution in [0, 0.1) is 11.3 Å². The second-order valence-electron chi connectivity index (χ2n) is 4.65. The van der Waals surface area contributed by atoms with Crippen LogP contribution in [0.1, 0.15) is 11.1 Å². The summed E-state index contributed by atoms with van der Waals surface area (Å²) in [5, 5.41) is 9.37. The molecule has 3 aromatic rings. The third-order valence-corrected chi connectivity index (χ3v) is 3.72.